The standard InChI is InChI=1S/C37H36N12O19S6.6Na/c1-3-38-32-44-34(49-37(45-32)43-27-16-24(69-66-63-51)10-13-30(27)73(57,58)59)40-22-8-6-20(29(14-22)71-68-65-53)4-5-21-7-9-23(15-31(21)74(60,61)62)41-35-46-33(39-18-19(2)50)47-36(48-35)42-26-17-25(72(54,55)56)11-12-28(26)70-67-64-52;;;;;;/h3-17,19,50-53H,1,18H2,2H3,(H,54,55,56)(H,57,58,59)(H,60,61,62)(H3,38,40,43,44,45,49)(H3,39,41,42,46,47,48);;;;;;/q;6*+1/p-6/b5-4+;;;;;;. The molecule has 80 heavy (non-hydrogen) atoms. The minimum atomic E-state index is -5.24. The Bertz CT molecular complexity index is 3400. The Balaban J connectivity index is 0.0000104. The van der Waals surface area contributed by atoms with Crippen LogP contribution in [0.25, 0.3) is 12.2 Å². The van der Waals surface area contributed by atoms with E-state index in [1.807, 2.05) is 0 Å². The summed E-state index contributed by atoms with van der Waals surface area (Å²) in [4.78, 5) is 23.2. The fourth-order valence-corrected chi connectivity index (χ4v) is 8.92. The van der Waals surface area contributed by atoms with E-state index in [0.29, 0.717) is 36.1 Å². The predicted molar refractivity (Wildman–Crippen MR) is 249 cm³/mol. The number of aliphatic hydroxyl groups is 1. The maximum atomic E-state index is 12.7. The molecule has 0 saturated heterocycles. The number of rotatable bonds is 27. The summed E-state index contributed by atoms with van der Waals surface area (Å²) in [5, 5.41) is 68.1. The minimum absolute atomic E-state index is 0. The molecule has 6 aromatic rings. The summed E-state index contributed by atoms with van der Waals surface area (Å²) < 4.78 is 123. The van der Waals surface area contributed by atoms with E-state index in [1.54, 1.807) is 0 Å². The van der Waals surface area contributed by atoms with Gasteiger partial charge in [0, 0.05) is 27.7 Å². The second kappa shape index (κ2) is 38.0. The number of nitrogens with zero attached hydrogens (tertiary/aromatic N) is 6. The van der Waals surface area contributed by atoms with Crippen molar-refractivity contribution in [2.45, 2.75) is 42.4 Å². The van der Waals surface area contributed by atoms with E-state index in [9.17, 15) is 59.8 Å². The van der Waals surface area contributed by atoms with Crippen molar-refractivity contribution < 1.29 is 265 Å². The Labute approximate surface area is 600 Å². The normalized spacial score (nSPS) is 11.4. The predicted octanol–water partition coefficient (Wildman–Crippen LogP) is -16.0. The van der Waals surface area contributed by atoms with Gasteiger partial charge >= 0.3 is 177 Å². The number of anilines is 10. The smallest absolute Gasteiger partial charge is 0.744 e. The van der Waals surface area contributed by atoms with Crippen molar-refractivity contribution in [3.63, 3.8) is 0 Å². The maximum absolute atomic E-state index is 12.7. The number of hydrogen-bond donors (Lipinski definition) is 7. The molecule has 0 amide bonds. The topological polar surface area (TPSA) is 466 Å². The van der Waals surface area contributed by atoms with Crippen LogP contribution in [-0.4, -0.2) is 86.6 Å². The largest absolute Gasteiger partial charge is 1.00 e. The molecule has 0 aliphatic carbocycles. The van der Waals surface area contributed by atoms with Crippen LogP contribution in [-0.2, 0) is 58.5 Å². The summed E-state index contributed by atoms with van der Waals surface area (Å²) in [5.74, 6) is -1.49. The van der Waals surface area contributed by atoms with E-state index < -0.39 is 51.1 Å². The number of hydrogen-bond acceptors (Lipinski definition) is 34. The van der Waals surface area contributed by atoms with Crippen molar-refractivity contribution >= 4 is 137 Å². The van der Waals surface area contributed by atoms with Crippen LogP contribution in [0.3, 0.4) is 0 Å². The van der Waals surface area contributed by atoms with Crippen LogP contribution in [0.1, 0.15) is 18.1 Å². The fraction of sp³-hybridized carbons (Fsp3) is 0.0811. The van der Waals surface area contributed by atoms with Gasteiger partial charge in [0.1, 0.15) is 30.4 Å². The van der Waals surface area contributed by atoms with Crippen molar-refractivity contribution in [3.8, 4) is 0 Å². The zero-order valence-corrected chi connectivity index (χ0v) is 59.5. The summed E-state index contributed by atoms with van der Waals surface area (Å²) in [5.41, 5.74) is -0.231. The Kier molecular flexibility index (Phi) is 37.8. The zero-order chi connectivity index (χ0) is 53.6. The molecule has 31 nitrogen and oxygen atoms in total. The molecule has 0 fully saturated rings. The number of aromatic nitrogens is 6. The SMILES string of the molecule is C=CNc1nc(Nc2ccc(/C=C/c3ccc(Nc4nc(NCC(C)O)nc(Nc5cc(S(=O)(=O)[O-])ccc5SOO[O-])n4)cc3S(=O)(=O)[O-])c(SOO[O-])c2)nc(Nc2cc(SOO[O-])ccc2S(=O)(=O)[O-])n1.[Na+].[Na+].[Na+].[Na+].[Na+].[Na+]. The third kappa shape index (κ3) is 25.1. The fourth-order valence-electron chi connectivity index (χ4n) is 5.78. The Morgan fingerprint density at radius 2 is 1.04 bits per heavy atom. The number of aliphatic hydroxyl groups excluding tert-OH is 1. The summed E-state index contributed by atoms with van der Waals surface area (Å²) in [7, 11) is -15.3. The molecule has 0 saturated carbocycles. The van der Waals surface area contributed by atoms with Crippen molar-refractivity contribution in [3.05, 3.63) is 96.7 Å². The van der Waals surface area contributed by atoms with E-state index in [2.05, 4.69) is 96.5 Å². The van der Waals surface area contributed by atoms with Crippen LogP contribution < -0.4 is 225 Å². The van der Waals surface area contributed by atoms with Gasteiger partial charge in [0.05, 0.1) is 73.2 Å². The van der Waals surface area contributed by atoms with Crippen molar-refractivity contribution in [1.29, 1.82) is 0 Å². The molecule has 0 aliphatic heterocycles. The van der Waals surface area contributed by atoms with E-state index in [4.69, 9.17) is 0 Å². The van der Waals surface area contributed by atoms with Crippen LogP contribution >= 0.6 is 36.1 Å². The van der Waals surface area contributed by atoms with Gasteiger partial charge in [0.15, 0.2) is 0 Å². The summed E-state index contributed by atoms with van der Waals surface area (Å²) in [6, 6.07) is 14.1. The first-order valence-corrected chi connectivity index (χ1v) is 26.0. The van der Waals surface area contributed by atoms with Gasteiger partial charge in [-0.25, -0.2) is 25.3 Å². The molecule has 4 aromatic carbocycles. The molecule has 0 aliphatic rings. The maximum Gasteiger partial charge on any atom is 1.00 e. The molecule has 0 spiro atoms. The first kappa shape index (κ1) is 79.6. The van der Waals surface area contributed by atoms with Crippen molar-refractivity contribution in [2.75, 3.05) is 38.4 Å². The second-order valence-electron chi connectivity index (χ2n) is 13.9. The number of nitrogens with one attached hydrogen (secondary N) is 6. The molecule has 43 heteroatoms. The Morgan fingerprint density at radius 1 is 0.550 bits per heavy atom. The molecule has 394 valence electrons. The van der Waals surface area contributed by atoms with Gasteiger partial charge in [-0.1, -0.05) is 30.9 Å². The zero-order valence-electron chi connectivity index (χ0n) is 42.6. The molecule has 1 unspecified atom stereocenters. The average molecular weight is 1280 g/mol. The summed E-state index contributed by atoms with van der Waals surface area (Å²) in [6.45, 7) is 4.90. The minimum Gasteiger partial charge on any atom is -0.744 e. The van der Waals surface area contributed by atoms with E-state index >= 15 is 0 Å². The van der Waals surface area contributed by atoms with Crippen molar-refractivity contribution in [2.24, 2.45) is 0 Å². The second-order valence-corrected chi connectivity index (χ2v) is 20.2. The van der Waals surface area contributed by atoms with Gasteiger partial charge in [-0.15, -0.1) is 0 Å². The van der Waals surface area contributed by atoms with Gasteiger partial charge < -0.3 is 66.4 Å². The van der Waals surface area contributed by atoms with Gasteiger partial charge in [-0.3, -0.25) is 15.1 Å². The van der Waals surface area contributed by atoms with Crippen LogP contribution in [0.15, 0.2) is 115 Å². The van der Waals surface area contributed by atoms with Crippen LogP contribution in [0.4, 0.5) is 58.4 Å². The van der Waals surface area contributed by atoms with Gasteiger partial charge in [0.25, 0.3) is 0 Å². The van der Waals surface area contributed by atoms with Crippen LogP contribution in [0, 0.1) is 0 Å². The van der Waals surface area contributed by atoms with E-state index in [-0.39, 0.29) is 268 Å². The molecule has 2 heterocycles. The molecule has 6 rings (SSSR count). The molecule has 7 N–H and O–H groups in total. The molecular formula is C37H30N12Na6O19S6. The molecule has 2 aromatic heterocycles. The Morgan fingerprint density at radius 3 is 1.57 bits per heavy atom. The molecule has 1 atom stereocenters. The van der Waals surface area contributed by atoms with E-state index in [0.717, 1.165) is 36.4 Å². The van der Waals surface area contributed by atoms with Crippen molar-refractivity contribution in [1.82, 2.24) is 29.9 Å². The first-order chi connectivity index (χ1) is 35.1. The monoisotopic (exact) mass is 1280 g/mol. The van der Waals surface area contributed by atoms with Gasteiger partial charge in [-0.05, 0) is 84.9 Å². The summed E-state index contributed by atoms with van der Waals surface area (Å²) >= 11 is 1.15. The quantitative estimate of drug-likeness (QED) is 0.00629. The van der Waals surface area contributed by atoms with E-state index in [1.165, 1.54) is 61.7 Å². The summed E-state index contributed by atoms with van der Waals surface area (Å²) in [6.07, 6.45) is 2.89. The average Bonchev–Trinajstić information content (AvgIpc) is 3.33. The molecule has 0 radical (unpaired) electrons. The Hall–Kier alpha value is -0.440. The van der Waals surface area contributed by atoms with Crippen LogP contribution in [0.5, 0.6) is 0 Å². The third-order valence-electron chi connectivity index (χ3n) is 8.72. The molecule has 0 bridgehead atoms. The van der Waals surface area contributed by atoms with Gasteiger partial charge in [0.2, 0.25) is 35.7 Å². The molecular weight excluding hydrogens is 1250 g/mol. The number of benzene rings is 4. The van der Waals surface area contributed by atoms with Gasteiger partial charge in [-0.2, -0.15) is 42.9 Å². The first-order valence-electron chi connectivity index (χ1n) is 19.6. The third-order valence-corrected chi connectivity index (χ3v) is 13.2. The van der Waals surface area contributed by atoms with Crippen LogP contribution in [0.2, 0.25) is 0 Å².